The van der Waals surface area contributed by atoms with E-state index in [2.05, 4.69) is 19.2 Å². The Kier molecular flexibility index (Phi) is 4.39. The van der Waals surface area contributed by atoms with Gasteiger partial charge in [-0.2, -0.15) is 0 Å². The van der Waals surface area contributed by atoms with Crippen LogP contribution in [0.1, 0.15) is 26.7 Å². The Morgan fingerprint density at radius 1 is 1.57 bits per heavy atom. The van der Waals surface area contributed by atoms with Crippen molar-refractivity contribution in [1.82, 2.24) is 5.32 Å². The van der Waals surface area contributed by atoms with Crippen LogP contribution in [0.15, 0.2) is 0 Å². The molecule has 0 spiro atoms. The van der Waals surface area contributed by atoms with E-state index < -0.39 is 0 Å². The van der Waals surface area contributed by atoms with Crippen LogP contribution < -0.4 is 5.32 Å². The first-order valence-electron chi connectivity index (χ1n) is 5.43. The van der Waals surface area contributed by atoms with Crippen molar-refractivity contribution >= 4 is 5.97 Å². The normalized spacial score (nSPS) is 27.7. The first kappa shape index (κ1) is 11.5. The van der Waals surface area contributed by atoms with Gasteiger partial charge in [-0.3, -0.25) is 4.79 Å². The van der Waals surface area contributed by atoms with Crippen LogP contribution in [0.25, 0.3) is 0 Å². The van der Waals surface area contributed by atoms with Gasteiger partial charge in [-0.1, -0.05) is 13.8 Å². The van der Waals surface area contributed by atoms with Gasteiger partial charge in [-0.25, -0.2) is 0 Å². The van der Waals surface area contributed by atoms with Gasteiger partial charge in [0.2, 0.25) is 0 Å². The predicted octanol–water partition coefficient (Wildman–Crippen LogP) is 1.43. The van der Waals surface area contributed by atoms with Gasteiger partial charge in [0.15, 0.2) is 0 Å². The fourth-order valence-electron chi connectivity index (χ4n) is 2.23. The van der Waals surface area contributed by atoms with Crippen LogP contribution in [0.3, 0.4) is 0 Å². The Balaban J connectivity index is 2.54. The number of carbonyl (C=O) groups excluding carboxylic acids is 1. The smallest absolute Gasteiger partial charge is 0.310 e. The third kappa shape index (κ3) is 2.98. The Morgan fingerprint density at radius 2 is 2.29 bits per heavy atom. The van der Waals surface area contributed by atoms with Crippen LogP contribution in [0.2, 0.25) is 0 Å². The van der Waals surface area contributed by atoms with Gasteiger partial charge in [0, 0.05) is 6.54 Å². The number of nitrogens with one attached hydrogen (secondary N) is 1. The van der Waals surface area contributed by atoms with Crippen LogP contribution in [-0.2, 0) is 9.53 Å². The molecule has 1 rings (SSSR count). The maximum atomic E-state index is 11.5. The van der Waals surface area contributed by atoms with Crippen molar-refractivity contribution in [3.8, 4) is 0 Å². The largest absolute Gasteiger partial charge is 0.469 e. The van der Waals surface area contributed by atoms with Crippen molar-refractivity contribution < 1.29 is 9.53 Å². The molecule has 1 fully saturated rings. The molecule has 1 aliphatic heterocycles. The van der Waals surface area contributed by atoms with Gasteiger partial charge in [0.1, 0.15) is 0 Å². The van der Waals surface area contributed by atoms with Gasteiger partial charge in [-0.15, -0.1) is 0 Å². The molecule has 1 aliphatic rings. The molecule has 1 saturated heterocycles. The number of esters is 1. The topological polar surface area (TPSA) is 38.3 Å². The molecule has 1 N–H and O–H groups in total. The molecule has 1 heterocycles. The number of rotatable bonds is 3. The molecule has 0 amide bonds. The van der Waals surface area contributed by atoms with Gasteiger partial charge in [-0.05, 0) is 31.2 Å². The molecule has 0 saturated carbocycles. The third-order valence-corrected chi connectivity index (χ3v) is 2.90. The van der Waals surface area contributed by atoms with Gasteiger partial charge >= 0.3 is 5.97 Å². The molecular weight excluding hydrogens is 178 g/mol. The molecule has 0 bridgehead atoms. The Bertz CT molecular complexity index is 192. The number of hydrogen-bond acceptors (Lipinski definition) is 3. The van der Waals surface area contributed by atoms with E-state index in [-0.39, 0.29) is 11.9 Å². The molecule has 14 heavy (non-hydrogen) atoms. The molecule has 82 valence electrons. The quantitative estimate of drug-likeness (QED) is 0.699. The number of methoxy groups -OCH3 is 1. The monoisotopic (exact) mass is 199 g/mol. The van der Waals surface area contributed by atoms with E-state index in [0.717, 1.165) is 25.9 Å². The summed E-state index contributed by atoms with van der Waals surface area (Å²) in [7, 11) is 1.48. The van der Waals surface area contributed by atoms with Gasteiger partial charge < -0.3 is 10.1 Å². The van der Waals surface area contributed by atoms with E-state index in [1.54, 1.807) is 0 Å². The molecule has 0 aromatic heterocycles. The number of carbonyl (C=O) groups is 1. The summed E-state index contributed by atoms with van der Waals surface area (Å²) in [6.45, 7) is 6.22. The first-order chi connectivity index (χ1) is 6.65. The summed E-state index contributed by atoms with van der Waals surface area (Å²) in [6.07, 6.45) is 2.22. The lowest BCUT2D eigenvalue weighted by molar-refractivity contribution is -0.148. The third-order valence-electron chi connectivity index (χ3n) is 2.90. The zero-order valence-corrected chi connectivity index (χ0v) is 9.38. The van der Waals surface area contributed by atoms with E-state index in [1.165, 1.54) is 7.11 Å². The molecule has 0 radical (unpaired) electrons. The lowest BCUT2D eigenvalue weighted by atomic mass is 9.81. The summed E-state index contributed by atoms with van der Waals surface area (Å²) in [4.78, 5) is 11.5. The second-order valence-corrected chi connectivity index (χ2v) is 4.51. The summed E-state index contributed by atoms with van der Waals surface area (Å²) >= 11 is 0. The highest BCUT2D eigenvalue weighted by molar-refractivity contribution is 5.73. The summed E-state index contributed by atoms with van der Waals surface area (Å²) in [5, 5.41) is 3.25. The molecule has 0 unspecified atom stereocenters. The van der Waals surface area contributed by atoms with Crippen LogP contribution >= 0.6 is 0 Å². The van der Waals surface area contributed by atoms with E-state index in [9.17, 15) is 4.79 Å². The minimum atomic E-state index is -0.0529. The van der Waals surface area contributed by atoms with Gasteiger partial charge in [0.05, 0.1) is 13.0 Å². The molecule has 0 aromatic carbocycles. The van der Waals surface area contributed by atoms with Crippen LogP contribution in [-0.4, -0.2) is 26.2 Å². The molecule has 0 aliphatic carbocycles. The van der Waals surface area contributed by atoms with Crippen molar-refractivity contribution in [2.75, 3.05) is 20.2 Å². The highest BCUT2D eigenvalue weighted by Crippen LogP contribution is 2.26. The van der Waals surface area contributed by atoms with E-state index in [4.69, 9.17) is 4.74 Å². The lowest BCUT2D eigenvalue weighted by Gasteiger charge is -2.31. The predicted molar refractivity (Wildman–Crippen MR) is 55.9 cm³/mol. The summed E-state index contributed by atoms with van der Waals surface area (Å²) < 4.78 is 4.82. The van der Waals surface area contributed by atoms with E-state index in [1.807, 2.05) is 0 Å². The SMILES string of the molecule is COC(=O)[C@@H]1CNCC[C@@H]1CC(C)C. The molecule has 0 aromatic rings. The van der Waals surface area contributed by atoms with Crippen molar-refractivity contribution in [2.24, 2.45) is 17.8 Å². The summed E-state index contributed by atoms with van der Waals surface area (Å²) in [6, 6.07) is 0. The van der Waals surface area contributed by atoms with Crippen molar-refractivity contribution in [2.45, 2.75) is 26.7 Å². The minimum Gasteiger partial charge on any atom is -0.469 e. The molecule has 2 atom stereocenters. The zero-order chi connectivity index (χ0) is 10.6. The highest BCUT2D eigenvalue weighted by atomic mass is 16.5. The van der Waals surface area contributed by atoms with Crippen LogP contribution in [0.4, 0.5) is 0 Å². The van der Waals surface area contributed by atoms with E-state index >= 15 is 0 Å². The second kappa shape index (κ2) is 5.35. The summed E-state index contributed by atoms with van der Waals surface area (Å²) in [5.74, 6) is 1.17. The average Bonchev–Trinajstić information content (AvgIpc) is 2.16. The van der Waals surface area contributed by atoms with E-state index in [0.29, 0.717) is 11.8 Å². The molecule has 3 nitrogen and oxygen atoms in total. The Hall–Kier alpha value is -0.570. The number of hydrogen-bond donors (Lipinski definition) is 1. The van der Waals surface area contributed by atoms with Crippen molar-refractivity contribution in [1.29, 1.82) is 0 Å². The van der Waals surface area contributed by atoms with Crippen molar-refractivity contribution in [3.63, 3.8) is 0 Å². The molecule has 3 heteroatoms. The maximum Gasteiger partial charge on any atom is 0.310 e. The number of piperidine rings is 1. The highest BCUT2D eigenvalue weighted by Gasteiger charge is 2.31. The lowest BCUT2D eigenvalue weighted by Crippen LogP contribution is -2.41. The standard InChI is InChI=1S/C11H21NO2/c1-8(2)6-9-4-5-12-7-10(9)11(13)14-3/h8-10,12H,4-7H2,1-3H3/t9-,10-/m1/s1. The minimum absolute atomic E-state index is 0.0529. The fraction of sp³-hybridized carbons (Fsp3) is 0.909. The number of ether oxygens (including phenoxy) is 1. The van der Waals surface area contributed by atoms with Crippen molar-refractivity contribution in [3.05, 3.63) is 0 Å². The summed E-state index contributed by atoms with van der Waals surface area (Å²) in [5.41, 5.74) is 0. The Morgan fingerprint density at radius 3 is 2.86 bits per heavy atom. The molecular formula is C11H21NO2. The fourth-order valence-corrected chi connectivity index (χ4v) is 2.23. The Labute approximate surface area is 86.2 Å². The zero-order valence-electron chi connectivity index (χ0n) is 9.38. The maximum absolute atomic E-state index is 11.5. The van der Waals surface area contributed by atoms with Crippen LogP contribution in [0.5, 0.6) is 0 Å². The first-order valence-corrected chi connectivity index (χ1v) is 5.43. The average molecular weight is 199 g/mol. The van der Waals surface area contributed by atoms with Gasteiger partial charge in [0.25, 0.3) is 0 Å². The second-order valence-electron chi connectivity index (χ2n) is 4.51. The van der Waals surface area contributed by atoms with Crippen LogP contribution in [0, 0.1) is 17.8 Å².